The van der Waals surface area contributed by atoms with E-state index in [-0.39, 0.29) is 0 Å². The molecule has 20 heavy (non-hydrogen) atoms. The fraction of sp³-hybridized carbons (Fsp3) is 0.462. The van der Waals surface area contributed by atoms with Gasteiger partial charge in [-0.15, -0.1) is 0 Å². The molecule has 3 heterocycles. The molecule has 1 aliphatic rings. The summed E-state index contributed by atoms with van der Waals surface area (Å²) in [5, 5.41) is 4.63. The predicted octanol–water partition coefficient (Wildman–Crippen LogP) is 1.28. The molecular formula is C13H17ClN6. The Morgan fingerprint density at radius 2 is 1.85 bits per heavy atom. The van der Waals surface area contributed by atoms with Crippen molar-refractivity contribution in [3.05, 3.63) is 23.6 Å². The second kappa shape index (κ2) is 5.38. The Morgan fingerprint density at radius 1 is 1.10 bits per heavy atom. The van der Waals surface area contributed by atoms with E-state index in [2.05, 4.69) is 31.9 Å². The van der Waals surface area contributed by atoms with Crippen LogP contribution in [0.1, 0.15) is 0 Å². The molecule has 6 nitrogen and oxygen atoms in total. The summed E-state index contributed by atoms with van der Waals surface area (Å²) < 4.78 is 1.75. The number of halogens is 1. The van der Waals surface area contributed by atoms with Crippen molar-refractivity contribution in [2.45, 2.75) is 0 Å². The van der Waals surface area contributed by atoms with Crippen molar-refractivity contribution in [1.29, 1.82) is 0 Å². The minimum absolute atomic E-state index is 0.466. The Bertz CT molecular complexity index is 603. The Kier molecular flexibility index (Phi) is 3.58. The van der Waals surface area contributed by atoms with Crippen LogP contribution in [-0.4, -0.2) is 57.9 Å². The van der Waals surface area contributed by atoms with Crippen LogP contribution in [0.4, 0.5) is 5.95 Å². The first-order valence-electron chi connectivity index (χ1n) is 6.59. The van der Waals surface area contributed by atoms with Crippen molar-refractivity contribution in [2.24, 2.45) is 7.05 Å². The molecule has 0 bridgehead atoms. The van der Waals surface area contributed by atoms with E-state index >= 15 is 0 Å². The van der Waals surface area contributed by atoms with E-state index in [9.17, 15) is 0 Å². The van der Waals surface area contributed by atoms with E-state index in [1.54, 1.807) is 16.9 Å². The summed E-state index contributed by atoms with van der Waals surface area (Å²) in [6.07, 6.45) is 3.71. The zero-order valence-corrected chi connectivity index (χ0v) is 12.4. The molecule has 106 valence electrons. The Hall–Kier alpha value is -1.66. The number of hydrogen-bond acceptors (Lipinski definition) is 5. The number of piperazine rings is 1. The third-order valence-electron chi connectivity index (χ3n) is 3.47. The highest BCUT2D eigenvalue weighted by molar-refractivity contribution is 6.29. The molecule has 1 fully saturated rings. The average Bonchev–Trinajstić information content (AvgIpc) is 2.85. The molecule has 0 radical (unpaired) electrons. The topological polar surface area (TPSA) is 50.1 Å². The van der Waals surface area contributed by atoms with Gasteiger partial charge >= 0.3 is 0 Å². The number of rotatable bonds is 2. The van der Waals surface area contributed by atoms with Gasteiger partial charge in [0.25, 0.3) is 0 Å². The van der Waals surface area contributed by atoms with Crippen molar-refractivity contribution in [1.82, 2.24) is 24.6 Å². The maximum absolute atomic E-state index is 6.14. The highest BCUT2D eigenvalue weighted by Crippen LogP contribution is 2.22. The van der Waals surface area contributed by atoms with Gasteiger partial charge in [-0.1, -0.05) is 11.6 Å². The monoisotopic (exact) mass is 292 g/mol. The Morgan fingerprint density at radius 3 is 2.50 bits per heavy atom. The van der Waals surface area contributed by atoms with Crippen molar-refractivity contribution in [2.75, 3.05) is 38.1 Å². The fourth-order valence-electron chi connectivity index (χ4n) is 2.25. The summed E-state index contributed by atoms with van der Waals surface area (Å²) in [7, 11) is 4.00. The molecule has 0 amide bonds. The molecule has 0 saturated carbocycles. The van der Waals surface area contributed by atoms with Crippen LogP contribution in [0.2, 0.25) is 5.15 Å². The molecule has 0 atom stereocenters. The largest absolute Gasteiger partial charge is 0.338 e. The van der Waals surface area contributed by atoms with Gasteiger partial charge in [-0.3, -0.25) is 4.68 Å². The first-order chi connectivity index (χ1) is 9.61. The molecule has 2 aromatic rings. The lowest BCUT2D eigenvalue weighted by Crippen LogP contribution is -2.45. The van der Waals surface area contributed by atoms with E-state index in [1.807, 2.05) is 13.2 Å². The maximum atomic E-state index is 6.14. The summed E-state index contributed by atoms with van der Waals surface area (Å²) in [5.41, 5.74) is 1.76. The average molecular weight is 293 g/mol. The second-order valence-corrected chi connectivity index (χ2v) is 5.46. The Balaban J connectivity index is 1.90. The second-order valence-electron chi connectivity index (χ2n) is 5.07. The van der Waals surface area contributed by atoms with Gasteiger partial charge in [0.1, 0.15) is 5.15 Å². The molecule has 0 aliphatic carbocycles. The third kappa shape index (κ3) is 2.76. The number of hydrogen-bond donors (Lipinski definition) is 0. The molecule has 0 N–H and O–H groups in total. The number of aryl methyl sites for hydroxylation is 1. The lowest BCUT2D eigenvalue weighted by Gasteiger charge is -2.32. The smallest absolute Gasteiger partial charge is 0.227 e. The van der Waals surface area contributed by atoms with Gasteiger partial charge < -0.3 is 9.80 Å². The minimum Gasteiger partial charge on any atom is -0.338 e. The van der Waals surface area contributed by atoms with Crippen LogP contribution in [0.3, 0.4) is 0 Å². The lowest BCUT2D eigenvalue weighted by atomic mass is 10.2. The first-order valence-corrected chi connectivity index (χ1v) is 6.97. The predicted molar refractivity (Wildman–Crippen MR) is 79.0 cm³/mol. The van der Waals surface area contributed by atoms with E-state index in [1.165, 1.54) is 0 Å². The van der Waals surface area contributed by atoms with Gasteiger partial charge in [0.2, 0.25) is 5.95 Å². The SMILES string of the molecule is CN1CCN(c2nc(Cl)cc(-c3cnn(C)c3)n2)CC1. The zero-order chi connectivity index (χ0) is 14.1. The molecule has 1 aliphatic heterocycles. The van der Waals surface area contributed by atoms with Gasteiger partial charge in [0, 0.05) is 51.1 Å². The maximum Gasteiger partial charge on any atom is 0.227 e. The van der Waals surface area contributed by atoms with Gasteiger partial charge in [-0.25, -0.2) is 9.97 Å². The van der Waals surface area contributed by atoms with E-state index in [0.717, 1.165) is 37.4 Å². The quantitative estimate of drug-likeness (QED) is 0.781. The molecule has 0 unspecified atom stereocenters. The van der Waals surface area contributed by atoms with Gasteiger partial charge in [0.05, 0.1) is 11.9 Å². The summed E-state index contributed by atoms with van der Waals surface area (Å²) in [6.45, 7) is 3.86. The van der Waals surface area contributed by atoms with Crippen LogP contribution >= 0.6 is 11.6 Å². The van der Waals surface area contributed by atoms with E-state index in [0.29, 0.717) is 11.1 Å². The van der Waals surface area contributed by atoms with Crippen LogP contribution < -0.4 is 4.90 Å². The van der Waals surface area contributed by atoms with Crippen molar-refractivity contribution in [3.63, 3.8) is 0 Å². The van der Waals surface area contributed by atoms with Crippen LogP contribution in [0.5, 0.6) is 0 Å². The van der Waals surface area contributed by atoms with Gasteiger partial charge in [-0.05, 0) is 7.05 Å². The highest BCUT2D eigenvalue weighted by Gasteiger charge is 2.18. The first kappa shape index (κ1) is 13.3. The zero-order valence-electron chi connectivity index (χ0n) is 11.6. The Labute approximate surface area is 123 Å². The van der Waals surface area contributed by atoms with Crippen LogP contribution in [0.25, 0.3) is 11.3 Å². The molecular weight excluding hydrogens is 276 g/mol. The van der Waals surface area contributed by atoms with Gasteiger partial charge in [-0.2, -0.15) is 5.10 Å². The van der Waals surface area contributed by atoms with E-state index in [4.69, 9.17) is 11.6 Å². The summed E-state index contributed by atoms with van der Waals surface area (Å²) in [6, 6.07) is 1.78. The molecule has 1 saturated heterocycles. The number of likely N-dealkylation sites (N-methyl/N-ethyl adjacent to an activating group) is 1. The van der Waals surface area contributed by atoms with Crippen LogP contribution in [0.15, 0.2) is 18.5 Å². The van der Waals surface area contributed by atoms with E-state index < -0.39 is 0 Å². The van der Waals surface area contributed by atoms with Crippen LogP contribution in [0, 0.1) is 0 Å². The normalized spacial score (nSPS) is 16.6. The van der Waals surface area contributed by atoms with Gasteiger partial charge in [0.15, 0.2) is 0 Å². The standard InChI is InChI=1S/C13H17ClN6/c1-18-3-5-20(6-4-18)13-16-11(7-12(14)17-13)10-8-15-19(2)9-10/h7-9H,3-6H2,1-2H3. The molecule has 7 heteroatoms. The van der Waals surface area contributed by atoms with Crippen molar-refractivity contribution in [3.8, 4) is 11.3 Å². The van der Waals surface area contributed by atoms with Crippen molar-refractivity contribution >= 4 is 17.5 Å². The lowest BCUT2D eigenvalue weighted by molar-refractivity contribution is 0.311. The fourth-order valence-corrected chi connectivity index (χ4v) is 2.43. The molecule has 0 spiro atoms. The molecule has 2 aromatic heterocycles. The third-order valence-corrected chi connectivity index (χ3v) is 3.66. The highest BCUT2D eigenvalue weighted by atomic mass is 35.5. The number of anilines is 1. The number of nitrogens with zero attached hydrogens (tertiary/aromatic N) is 6. The number of aromatic nitrogens is 4. The van der Waals surface area contributed by atoms with Crippen LogP contribution in [-0.2, 0) is 7.05 Å². The summed E-state index contributed by atoms with van der Waals surface area (Å²) >= 11 is 6.14. The molecule has 0 aromatic carbocycles. The summed E-state index contributed by atoms with van der Waals surface area (Å²) in [5.74, 6) is 0.699. The summed E-state index contributed by atoms with van der Waals surface area (Å²) in [4.78, 5) is 13.4. The molecule has 3 rings (SSSR count). The van der Waals surface area contributed by atoms with Crippen molar-refractivity contribution < 1.29 is 0 Å². The minimum atomic E-state index is 0.466.